The largest absolute Gasteiger partial charge is 0.358 e. The van der Waals surface area contributed by atoms with Crippen LogP contribution < -0.4 is 10.6 Å². The fourth-order valence-corrected chi connectivity index (χ4v) is 1.68. The van der Waals surface area contributed by atoms with Crippen LogP contribution in [0.4, 0.5) is 0 Å². The second-order valence-corrected chi connectivity index (χ2v) is 5.34. The molecule has 0 saturated carbocycles. The Hall–Kier alpha value is -0.570. The van der Waals surface area contributed by atoms with E-state index in [1.807, 2.05) is 6.92 Å². The molecule has 0 aromatic heterocycles. The number of hydrogen-bond donors (Lipinski definition) is 2. The molecule has 0 spiro atoms. The summed E-state index contributed by atoms with van der Waals surface area (Å²) in [5.41, 5.74) is 0.275. The van der Waals surface area contributed by atoms with E-state index in [1.165, 1.54) is 25.7 Å². The molecule has 96 valence electrons. The molecule has 1 atom stereocenters. The first-order valence-electron chi connectivity index (χ1n) is 6.38. The lowest BCUT2D eigenvalue weighted by Crippen LogP contribution is -2.44. The lowest BCUT2D eigenvalue weighted by atomic mass is 9.86. The van der Waals surface area contributed by atoms with E-state index in [2.05, 4.69) is 31.4 Å². The first-order chi connectivity index (χ1) is 7.43. The van der Waals surface area contributed by atoms with Gasteiger partial charge in [-0.25, -0.2) is 0 Å². The van der Waals surface area contributed by atoms with E-state index in [0.717, 1.165) is 6.54 Å². The number of hydrogen-bond acceptors (Lipinski definition) is 2. The van der Waals surface area contributed by atoms with E-state index in [-0.39, 0.29) is 17.4 Å². The fraction of sp³-hybridized carbons (Fsp3) is 0.923. The molecule has 0 heterocycles. The zero-order valence-electron chi connectivity index (χ0n) is 11.5. The molecule has 0 aliphatic rings. The molecule has 0 aliphatic carbocycles. The number of carbonyl (C=O) groups excluding carboxylic acids is 1. The van der Waals surface area contributed by atoms with Crippen molar-refractivity contribution in [2.24, 2.45) is 5.41 Å². The van der Waals surface area contributed by atoms with Crippen LogP contribution in [0.2, 0.25) is 0 Å². The van der Waals surface area contributed by atoms with Gasteiger partial charge in [-0.2, -0.15) is 0 Å². The fourth-order valence-electron chi connectivity index (χ4n) is 1.68. The summed E-state index contributed by atoms with van der Waals surface area (Å²) >= 11 is 0. The lowest BCUT2D eigenvalue weighted by Gasteiger charge is -2.26. The Morgan fingerprint density at radius 1 is 1.31 bits per heavy atom. The van der Waals surface area contributed by atoms with Crippen LogP contribution in [0.3, 0.4) is 0 Å². The number of amides is 1. The molecule has 1 unspecified atom stereocenters. The predicted octanol–water partition coefficient (Wildman–Crippen LogP) is 2.32. The number of nitrogens with one attached hydrogen (secondary N) is 2. The van der Waals surface area contributed by atoms with E-state index in [1.54, 1.807) is 7.05 Å². The molecule has 0 aromatic rings. The van der Waals surface area contributed by atoms with Gasteiger partial charge in [0.15, 0.2) is 0 Å². The van der Waals surface area contributed by atoms with Gasteiger partial charge in [-0.1, -0.05) is 40.0 Å². The summed E-state index contributed by atoms with van der Waals surface area (Å²) < 4.78 is 0. The Kier molecular flexibility index (Phi) is 7.39. The summed E-state index contributed by atoms with van der Waals surface area (Å²) in [6.45, 7) is 9.53. The molecule has 16 heavy (non-hydrogen) atoms. The Bertz CT molecular complexity index is 202. The summed E-state index contributed by atoms with van der Waals surface area (Å²) in [4.78, 5) is 11.3. The first-order valence-corrected chi connectivity index (χ1v) is 6.38. The minimum atomic E-state index is -0.101. The van der Waals surface area contributed by atoms with Crippen molar-refractivity contribution < 1.29 is 4.79 Å². The third kappa shape index (κ3) is 6.83. The molecule has 0 aromatic carbocycles. The molecule has 0 aliphatic heterocycles. The van der Waals surface area contributed by atoms with Crippen LogP contribution >= 0.6 is 0 Å². The van der Waals surface area contributed by atoms with Crippen molar-refractivity contribution in [3.63, 3.8) is 0 Å². The van der Waals surface area contributed by atoms with Crippen LogP contribution in [0, 0.1) is 5.41 Å². The van der Waals surface area contributed by atoms with Crippen molar-refractivity contribution in [3.05, 3.63) is 0 Å². The summed E-state index contributed by atoms with van der Waals surface area (Å²) in [7, 11) is 1.67. The average Bonchev–Trinajstić information content (AvgIpc) is 2.25. The van der Waals surface area contributed by atoms with Gasteiger partial charge in [-0.15, -0.1) is 0 Å². The Labute approximate surface area is 100 Å². The third-order valence-corrected chi connectivity index (χ3v) is 2.98. The van der Waals surface area contributed by atoms with Crippen LogP contribution in [-0.2, 0) is 4.79 Å². The molecular weight excluding hydrogens is 200 g/mol. The zero-order chi connectivity index (χ0) is 12.6. The predicted molar refractivity (Wildman–Crippen MR) is 69.5 cm³/mol. The zero-order valence-corrected chi connectivity index (χ0v) is 11.5. The maximum atomic E-state index is 11.3. The molecule has 0 radical (unpaired) electrons. The van der Waals surface area contributed by atoms with Crippen molar-refractivity contribution in [1.29, 1.82) is 0 Å². The molecule has 3 nitrogen and oxygen atoms in total. The number of rotatable bonds is 8. The van der Waals surface area contributed by atoms with Gasteiger partial charge in [-0.05, 0) is 18.8 Å². The standard InChI is InChI=1S/C13H28N2O/c1-6-7-8-9-13(3,4)10-15-11(2)12(16)14-5/h11,15H,6-10H2,1-5H3,(H,14,16). The Morgan fingerprint density at radius 2 is 1.94 bits per heavy atom. The monoisotopic (exact) mass is 228 g/mol. The topological polar surface area (TPSA) is 41.1 Å². The second kappa shape index (κ2) is 7.66. The maximum absolute atomic E-state index is 11.3. The molecule has 0 fully saturated rings. The normalized spacial score (nSPS) is 13.6. The van der Waals surface area contributed by atoms with E-state index >= 15 is 0 Å². The molecule has 3 heteroatoms. The Morgan fingerprint density at radius 3 is 2.44 bits per heavy atom. The van der Waals surface area contributed by atoms with Gasteiger partial charge in [-0.3, -0.25) is 4.79 Å². The number of likely N-dealkylation sites (N-methyl/N-ethyl adjacent to an activating group) is 1. The van der Waals surface area contributed by atoms with E-state index in [0.29, 0.717) is 0 Å². The summed E-state index contributed by atoms with van der Waals surface area (Å²) in [6, 6.07) is -0.101. The molecule has 2 N–H and O–H groups in total. The first kappa shape index (κ1) is 15.4. The van der Waals surface area contributed by atoms with Gasteiger partial charge in [0.1, 0.15) is 0 Å². The van der Waals surface area contributed by atoms with E-state index < -0.39 is 0 Å². The van der Waals surface area contributed by atoms with Crippen molar-refractivity contribution in [3.8, 4) is 0 Å². The van der Waals surface area contributed by atoms with Gasteiger partial charge in [0.05, 0.1) is 6.04 Å². The number of carbonyl (C=O) groups is 1. The summed E-state index contributed by atoms with van der Waals surface area (Å²) in [6.07, 6.45) is 5.06. The van der Waals surface area contributed by atoms with Gasteiger partial charge in [0.25, 0.3) is 0 Å². The quantitative estimate of drug-likeness (QED) is 0.626. The minimum Gasteiger partial charge on any atom is -0.358 e. The summed E-state index contributed by atoms with van der Waals surface area (Å²) in [5, 5.41) is 5.94. The van der Waals surface area contributed by atoms with Crippen LogP contribution in [-0.4, -0.2) is 25.5 Å². The molecule has 0 saturated heterocycles. The van der Waals surface area contributed by atoms with Crippen LogP contribution in [0.25, 0.3) is 0 Å². The van der Waals surface area contributed by atoms with Gasteiger partial charge in [0, 0.05) is 13.6 Å². The van der Waals surface area contributed by atoms with Crippen LogP contribution in [0.1, 0.15) is 53.4 Å². The molecule has 0 rings (SSSR count). The van der Waals surface area contributed by atoms with Crippen molar-refractivity contribution in [2.75, 3.05) is 13.6 Å². The van der Waals surface area contributed by atoms with Crippen LogP contribution in [0.15, 0.2) is 0 Å². The van der Waals surface area contributed by atoms with Crippen LogP contribution in [0.5, 0.6) is 0 Å². The van der Waals surface area contributed by atoms with Crippen molar-refractivity contribution >= 4 is 5.91 Å². The highest BCUT2D eigenvalue weighted by Crippen LogP contribution is 2.22. The van der Waals surface area contributed by atoms with Gasteiger partial charge < -0.3 is 10.6 Å². The third-order valence-electron chi connectivity index (χ3n) is 2.98. The molecular formula is C13H28N2O. The highest BCUT2D eigenvalue weighted by molar-refractivity contribution is 5.80. The second-order valence-electron chi connectivity index (χ2n) is 5.34. The highest BCUT2D eigenvalue weighted by atomic mass is 16.2. The van der Waals surface area contributed by atoms with Gasteiger partial charge >= 0.3 is 0 Å². The van der Waals surface area contributed by atoms with Crippen molar-refractivity contribution in [2.45, 2.75) is 59.4 Å². The number of unbranched alkanes of at least 4 members (excludes halogenated alkanes) is 2. The van der Waals surface area contributed by atoms with Crippen molar-refractivity contribution in [1.82, 2.24) is 10.6 Å². The minimum absolute atomic E-state index is 0.0596. The smallest absolute Gasteiger partial charge is 0.236 e. The molecule has 1 amide bonds. The molecule has 0 bridgehead atoms. The highest BCUT2D eigenvalue weighted by Gasteiger charge is 2.19. The average molecular weight is 228 g/mol. The lowest BCUT2D eigenvalue weighted by molar-refractivity contribution is -0.122. The SMILES string of the molecule is CCCCCC(C)(C)CNC(C)C(=O)NC. The Balaban J connectivity index is 3.84. The maximum Gasteiger partial charge on any atom is 0.236 e. The van der Waals surface area contributed by atoms with Gasteiger partial charge in [0.2, 0.25) is 5.91 Å². The van der Waals surface area contributed by atoms with E-state index in [4.69, 9.17) is 0 Å². The van der Waals surface area contributed by atoms with E-state index in [9.17, 15) is 4.79 Å². The summed E-state index contributed by atoms with van der Waals surface area (Å²) in [5.74, 6) is 0.0596.